The highest BCUT2D eigenvalue weighted by Crippen LogP contribution is 2.40. The van der Waals surface area contributed by atoms with Gasteiger partial charge in [-0.25, -0.2) is 9.52 Å². The van der Waals surface area contributed by atoms with Crippen molar-refractivity contribution in [3.8, 4) is 0 Å². The summed E-state index contributed by atoms with van der Waals surface area (Å²) in [5.41, 5.74) is 13.9. The highest BCUT2D eigenvalue weighted by Gasteiger charge is 2.43. The molecule has 13 nitrogen and oxygen atoms in total. The molecule has 5 atom stereocenters. The van der Waals surface area contributed by atoms with E-state index in [1.54, 1.807) is 4.90 Å². The van der Waals surface area contributed by atoms with Gasteiger partial charge in [0.2, 0.25) is 17.7 Å². The van der Waals surface area contributed by atoms with Gasteiger partial charge < -0.3 is 21.1 Å². The van der Waals surface area contributed by atoms with E-state index in [9.17, 15) is 27.6 Å². The quantitative estimate of drug-likeness (QED) is 0.216. The molecule has 1 aromatic carbocycles. The Hall–Kier alpha value is -3.49. The molecule has 0 aromatic heterocycles. The van der Waals surface area contributed by atoms with E-state index in [0.717, 1.165) is 34.7 Å². The smallest absolute Gasteiger partial charge is 0.410 e. The molecule has 2 aliphatic heterocycles. The van der Waals surface area contributed by atoms with Gasteiger partial charge in [0, 0.05) is 39.5 Å². The van der Waals surface area contributed by atoms with E-state index in [2.05, 4.69) is 4.72 Å². The zero-order valence-electron chi connectivity index (χ0n) is 24.7. The van der Waals surface area contributed by atoms with Crippen LogP contribution in [0.5, 0.6) is 0 Å². The number of benzene rings is 1. The molecule has 1 aliphatic carbocycles. The first-order valence-electron chi connectivity index (χ1n) is 14.7. The molecule has 0 radical (unpaired) electrons. The number of nitrogens with zero attached hydrogens (tertiary/aromatic N) is 3. The average molecular weight is 619 g/mol. The molecule has 2 fully saturated rings. The van der Waals surface area contributed by atoms with Crippen LogP contribution in [0.2, 0.25) is 0 Å². The molecule has 236 valence electrons. The lowest BCUT2D eigenvalue weighted by Gasteiger charge is -2.25. The Bertz CT molecular complexity index is 1330. The molecule has 2 heterocycles. The van der Waals surface area contributed by atoms with Gasteiger partial charge in [0.25, 0.3) is 0 Å². The van der Waals surface area contributed by atoms with Gasteiger partial charge >= 0.3 is 16.3 Å². The number of carbonyl (C=O) groups is 4. The van der Waals surface area contributed by atoms with Crippen molar-refractivity contribution in [3.63, 3.8) is 0 Å². The lowest BCUT2D eigenvalue weighted by atomic mass is 10.1. The fourth-order valence-electron chi connectivity index (χ4n) is 5.51. The summed E-state index contributed by atoms with van der Waals surface area (Å²) in [4.78, 5) is 53.0. The van der Waals surface area contributed by atoms with E-state index in [4.69, 9.17) is 16.2 Å². The number of hydrogen-bond donors (Lipinski definition) is 3. The molecular weight excluding hydrogens is 576 g/mol. The zero-order valence-corrected chi connectivity index (χ0v) is 25.5. The van der Waals surface area contributed by atoms with E-state index in [-0.39, 0.29) is 30.7 Å². The maximum Gasteiger partial charge on any atom is 0.410 e. The van der Waals surface area contributed by atoms with Gasteiger partial charge in [0.1, 0.15) is 12.1 Å². The Kier molecular flexibility index (Phi) is 10.5. The fourth-order valence-corrected chi connectivity index (χ4v) is 6.10. The van der Waals surface area contributed by atoms with E-state index in [1.807, 2.05) is 36.4 Å². The third-order valence-corrected chi connectivity index (χ3v) is 9.63. The maximum atomic E-state index is 13.1. The standard InChI is InChI=1S/C29H42N6O7S/c1-33(2)43(40,41)32-27(37)23-14-19(23)10-6-4-3-5-7-13-24(30)28(38)35-18-22(15-25(35)26(31)36)42-29(39)34-16-20-11-8-9-12-21(20)17-34/h6,8-12,19,22-25H,3-5,7,13-18,30H2,1-2H3,(H2,31,36)(H,32,37)/b10-6-/t19-,22-,23+,24+,25+/m1/s1. The van der Waals surface area contributed by atoms with E-state index in [0.29, 0.717) is 32.4 Å². The Morgan fingerprint density at radius 2 is 1.77 bits per heavy atom. The van der Waals surface area contributed by atoms with Crippen LogP contribution >= 0.6 is 0 Å². The van der Waals surface area contributed by atoms with Gasteiger partial charge in [-0.05, 0) is 42.7 Å². The van der Waals surface area contributed by atoms with Crippen LogP contribution in [-0.4, -0.2) is 85.2 Å². The van der Waals surface area contributed by atoms with Crippen LogP contribution in [0.3, 0.4) is 0 Å². The van der Waals surface area contributed by atoms with Crippen molar-refractivity contribution < 1.29 is 32.3 Å². The summed E-state index contributed by atoms with van der Waals surface area (Å²) in [5.74, 6) is -1.82. The van der Waals surface area contributed by atoms with Crippen molar-refractivity contribution in [2.75, 3.05) is 20.6 Å². The Labute approximate surface area is 252 Å². The number of nitrogens with one attached hydrogen (secondary N) is 1. The van der Waals surface area contributed by atoms with Crippen molar-refractivity contribution >= 4 is 34.0 Å². The SMILES string of the molecule is CN(C)S(=O)(=O)NC(=O)[C@H]1C[C@H]1/C=C\CCCCC[C@H](N)C(=O)N1C[C@H](OC(=O)N2Cc3ccccc3C2)C[C@H]1C(N)=O. The minimum atomic E-state index is -3.78. The van der Waals surface area contributed by atoms with E-state index >= 15 is 0 Å². The van der Waals surface area contributed by atoms with Crippen LogP contribution in [0, 0.1) is 11.8 Å². The maximum absolute atomic E-state index is 13.1. The predicted molar refractivity (Wildman–Crippen MR) is 158 cm³/mol. The summed E-state index contributed by atoms with van der Waals surface area (Å²) in [5, 5.41) is 0. The summed E-state index contributed by atoms with van der Waals surface area (Å²) in [6.45, 7) is 0.969. The third kappa shape index (κ3) is 8.33. The molecule has 14 heteroatoms. The van der Waals surface area contributed by atoms with Crippen LogP contribution in [0.25, 0.3) is 0 Å². The molecule has 4 rings (SSSR count). The summed E-state index contributed by atoms with van der Waals surface area (Å²) < 4.78 is 32.3. The van der Waals surface area contributed by atoms with Crippen LogP contribution in [-0.2, 0) is 42.4 Å². The van der Waals surface area contributed by atoms with Gasteiger partial charge in [-0.3, -0.25) is 19.3 Å². The van der Waals surface area contributed by atoms with Gasteiger partial charge in [-0.1, -0.05) is 49.3 Å². The lowest BCUT2D eigenvalue weighted by molar-refractivity contribution is -0.138. The second-order valence-electron chi connectivity index (χ2n) is 11.7. The molecule has 3 aliphatic rings. The number of primary amides is 1. The van der Waals surface area contributed by atoms with Crippen LogP contribution in [0.4, 0.5) is 4.79 Å². The molecule has 4 amide bonds. The zero-order chi connectivity index (χ0) is 31.3. The van der Waals surface area contributed by atoms with Crippen LogP contribution in [0.15, 0.2) is 36.4 Å². The number of rotatable bonds is 13. The number of nitrogens with two attached hydrogens (primary N) is 2. The number of carbonyl (C=O) groups excluding carboxylic acids is 4. The molecule has 0 unspecified atom stereocenters. The first-order valence-corrected chi connectivity index (χ1v) is 16.1. The van der Waals surface area contributed by atoms with Crippen molar-refractivity contribution in [1.82, 2.24) is 18.8 Å². The Morgan fingerprint density at radius 1 is 1.09 bits per heavy atom. The number of unbranched alkanes of at least 4 members (excludes halogenated alkanes) is 3. The predicted octanol–water partition coefficient (Wildman–Crippen LogP) is 0.986. The number of likely N-dealkylation sites (tertiary alicyclic amines) is 1. The number of allylic oxidation sites excluding steroid dienone is 2. The third-order valence-electron chi connectivity index (χ3n) is 8.21. The summed E-state index contributed by atoms with van der Waals surface area (Å²) >= 11 is 0. The van der Waals surface area contributed by atoms with Crippen molar-refractivity contribution in [1.29, 1.82) is 0 Å². The van der Waals surface area contributed by atoms with E-state index in [1.165, 1.54) is 19.0 Å². The van der Waals surface area contributed by atoms with Gasteiger partial charge in [-0.15, -0.1) is 0 Å². The summed E-state index contributed by atoms with van der Waals surface area (Å²) in [7, 11) is -1.06. The average Bonchev–Trinajstić information content (AvgIpc) is 3.39. The fraction of sp³-hybridized carbons (Fsp3) is 0.586. The first kappa shape index (κ1) is 32.4. The second kappa shape index (κ2) is 13.9. The first-order chi connectivity index (χ1) is 20.4. The van der Waals surface area contributed by atoms with Crippen LogP contribution in [0.1, 0.15) is 56.1 Å². The topological polar surface area (TPSA) is 185 Å². The molecule has 0 bridgehead atoms. The minimum Gasteiger partial charge on any atom is -0.444 e. The molecular formula is C29H42N6O7S. The molecule has 0 spiro atoms. The highest BCUT2D eigenvalue weighted by atomic mass is 32.2. The van der Waals surface area contributed by atoms with E-state index < -0.39 is 46.3 Å². The second-order valence-corrected chi connectivity index (χ2v) is 13.6. The van der Waals surface area contributed by atoms with Crippen molar-refractivity contribution in [3.05, 3.63) is 47.5 Å². The summed E-state index contributed by atoms with van der Waals surface area (Å²) in [6.07, 6.45) is 7.20. The lowest BCUT2D eigenvalue weighted by Crippen LogP contribution is -2.50. The molecule has 43 heavy (non-hydrogen) atoms. The van der Waals surface area contributed by atoms with Gasteiger partial charge in [0.15, 0.2) is 0 Å². The normalized spacial score (nSPS) is 23.8. The van der Waals surface area contributed by atoms with Crippen LogP contribution < -0.4 is 16.2 Å². The number of hydrogen-bond acceptors (Lipinski definition) is 8. The molecule has 1 aromatic rings. The molecule has 1 saturated heterocycles. The van der Waals surface area contributed by atoms with Crippen molar-refractivity contribution in [2.45, 2.75) is 76.2 Å². The van der Waals surface area contributed by atoms with Gasteiger partial charge in [-0.2, -0.15) is 12.7 Å². The number of amides is 4. The minimum absolute atomic E-state index is 0.0387. The summed E-state index contributed by atoms with van der Waals surface area (Å²) in [6, 6.07) is 6.10. The Morgan fingerprint density at radius 3 is 2.40 bits per heavy atom. The number of ether oxygens (including phenoxy) is 1. The van der Waals surface area contributed by atoms with Gasteiger partial charge in [0.05, 0.1) is 12.6 Å². The molecule has 5 N–H and O–H groups in total. The highest BCUT2D eigenvalue weighted by molar-refractivity contribution is 7.87. The van der Waals surface area contributed by atoms with Crippen molar-refractivity contribution in [2.24, 2.45) is 23.3 Å². The largest absolute Gasteiger partial charge is 0.444 e. The Balaban J connectivity index is 1.14. The molecule has 1 saturated carbocycles. The monoisotopic (exact) mass is 618 g/mol. The number of fused-ring (bicyclic) bond motifs is 1.